The quantitative estimate of drug-likeness (QED) is 0.749. The summed E-state index contributed by atoms with van der Waals surface area (Å²) in [6.07, 6.45) is 5.52. The normalized spacial score (nSPS) is 25.8. The molecule has 2 fully saturated rings. The number of piperazine rings is 1. The van der Waals surface area contributed by atoms with Crippen LogP contribution < -0.4 is 4.90 Å². The molecule has 1 aromatic rings. The average molecular weight is 343 g/mol. The second-order valence-electron chi connectivity index (χ2n) is 9.00. The number of Topliss-reactive ketones (excluding diaryl/α,β-unsaturated/α-hetero) is 1. The van der Waals surface area contributed by atoms with Crippen molar-refractivity contribution in [2.75, 3.05) is 31.1 Å². The zero-order valence-electron chi connectivity index (χ0n) is 16.4. The van der Waals surface area contributed by atoms with Crippen molar-refractivity contribution in [1.29, 1.82) is 0 Å². The summed E-state index contributed by atoms with van der Waals surface area (Å²) in [6.45, 7) is 13.3. The van der Waals surface area contributed by atoms with E-state index in [2.05, 4.69) is 42.7 Å². The van der Waals surface area contributed by atoms with E-state index in [4.69, 9.17) is 0 Å². The largest absolute Gasteiger partial charge is 0.369 e. The van der Waals surface area contributed by atoms with Gasteiger partial charge in [0.2, 0.25) is 0 Å². The highest BCUT2D eigenvalue weighted by Gasteiger charge is 2.32. The maximum absolute atomic E-state index is 11.4. The standard InChI is InChI=1S/C22H34N2O/c1-17(25)18-5-9-20(10-6-18)23-13-15-24(16-14-23)21-11-7-19(8-12-21)22(2,3)4/h5-6,9-10,19,21H,7-8,11-16H2,1-4H3. The van der Waals surface area contributed by atoms with Gasteiger partial charge in [-0.1, -0.05) is 20.8 Å². The number of rotatable bonds is 3. The van der Waals surface area contributed by atoms with Gasteiger partial charge in [0.25, 0.3) is 0 Å². The van der Waals surface area contributed by atoms with E-state index < -0.39 is 0 Å². The van der Waals surface area contributed by atoms with Crippen molar-refractivity contribution < 1.29 is 4.79 Å². The molecule has 0 N–H and O–H groups in total. The Morgan fingerprint density at radius 1 is 0.920 bits per heavy atom. The molecule has 25 heavy (non-hydrogen) atoms. The summed E-state index contributed by atoms with van der Waals surface area (Å²) < 4.78 is 0. The number of hydrogen-bond donors (Lipinski definition) is 0. The van der Waals surface area contributed by atoms with Crippen molar-refractivity contribution in [1.82, 2.24) is 4.90 Å². The van der Waals surface area contributed by atoms with Crippen molar-refractivity contribution in [2.24, 2.45) is 11.3 Å². The molecule has 2 aliphatic rings. The van der Waals surface area contributed by atoms with E-state index in [1.54, 1.807) is 6.92 Å². The first-order valence-electron chi connectivity index (χ1n) is 9.94. The molecule has 0 amide bonds. The summed E-state index contributed by atoms with van der Waals surface area (Å²) in [6, 6.07) is 8.90. The van der Waals surface area contributed by atoms with Crippen molar-refractivity contribution in [3.63, 3.8) is 0 Å². The highest BCUT2D eigenvalue weighted by atomic mass is 16.1. The molecule has 0 spiro atoms. The van der Waals surface area contributed by atoms with E-state index in [0.717, 1.165) is 30.6 Å². The van der Waals surface area contributed by atoms with Crippen LogP contribution in [0.15, 0.2) is 24.3 Å². The smallest absolute Gasteiger partial charge is 0.159 e. The molecule has 1 aliphatic heterocycles. The second-order valence-corrected chi connectivity index (χ2v) is 9.00. The molecule has 0 atom stereocenters. The van der Waals surface area contributed by atoms with Gasteiger partial charge in [-0.2, -0.15) is 0 Å². The minimum Gasteiger partial charge on any atom is -0.369 e. The summed E-state index contributed by atoms with van der Waals surface area (Å²) >= 11 is 0. The lowest BCUT2D eigenvalue weighted by atomic mass is 9.71. The molecule has 0 aromatic heterocycles. The predicted molar refractivity (Wildman–Crippen MR) is 105 cm³/mol. The molecule has 1 saturated carbocycles. The fourth-order valence-electron chi connectivity index (χ4n) is 4.56. The van der Waals surface area contributed by atoms with Gasteiger partial charge in [-0.3, -0.25) is 9.69 Å². The van der Waals surface area contributed by atoms with Gasteiger partial charge in [-0.25, -0.2) is 0 Å². The van der Waals surface area contributed by atoms with Gasteiger partial charge in [0.1, 0.15) is 0 Å². The van der Waals surface area contributed by atoms with Crippen LogP contribution in [0.5, 0.6) is 0 Å². The average Bonchev–Trinajstić information content (AvgIpc) is 2.61. The number of nitrogens with zero attached hydrogens (tertiary/aromatic N) is 2. The molecular formula is C22H34N2O. The van der Waals surface area contributed by atoms with Crippen LogP contribution >= 0.6 is 0 Å². The van der Waals surface area contributed by atoms with Crippen LogP contribution in [0.4, 0.5) is 5.69 Å². The van der Waals surface area contributed by atoms with Gasteiger partial charge in [0.05, 0.1) is 0 Å². The Bertz CT molecular complexity index is 571. The van der Waals surface area contributed by atoms with Crippen molar-refractivity contribution in [2.45, 2.75) is 59.4 Å². The highest BCUT2D eigenvalue weighted by molar-refractivity contribution is 5.94. The Labute approximate surface area is 153 Å². The molecule has 1 aromatic carbocycles. The Balaban J connectivity index is 1.50. The first kappa shape index (κ1) is 18.4. The lowest BCUT2D eigenvalue weighted by Crippen LogP contribution is -2.51. The van der Waals surface area contributed by atoms with Crippen LogP contribution in [0, 0.1) is 11.3 Å². The van der Waals surface area contributed by atoms with Crippen LogP contribution in [-0.2, 0) is 0 Å². The fourth-order valence-corrected chi connectivity index (χ4v) is 4.56. The highest BCUT2D eigenvalue weighted by Crippen LogP contribution is 2.39. The van der Waals surface area contributed by atoms with Crippen molar-refractivity contribution >= 4 is 11.5 Å². The van der Waals surface area contributed by atoms with E-state index in [9.17, 15) is 4.79 Å². The van der Waals surface area contributed by atoms with E-state index in [-0.39, 0.29) is 5.78 Å². The Morgan fingerprint density at radius 2 is 1.48 bits per heavy atom. The molecule has 0 unspecified atom stereocenters. The number of carbonyl (C=O) groups excluding carboxylic acids is 1. The molecule has 0 bridgehead atoms. The third-order valence-electron chi connectivity index (χ3n) is 6.39. The summed E-state index contributed by atoms with van der Waals surface area (Å²) in [5, 5.41) is 0. The number of hydrogen-bond acceptors (Lipinski definition) is 3. The molecule has 1 heterocycles. The molecule has 1 saturated heterocycles. The number of benzene rings is 1. The Hall–Kier alpha value is -1.35. The zero-order valence-corrected chi connectivity index (χ0v) is 16.4. The van der Waals surface area contributed by atoms with E-state index >= 15 is 0 Å². The molecule has 0 radical (unpaired) electrons. The Kier molecular flexibility index (Phi) is 5.52. The summed E-state index contributed by atoms with van der Waals surface area (Å²) in [7, 11) is 0. The molecule has 3 rings (SSSR count). The van der Waals surface area contributed by atoms with Crippen LogP contribution in [0.2, 0.25) is 0 Å². The topological polar surface area (TPSA) is 23.6 Å². The lowest BCUT2D eigenvalue weighted by Gasteiger charge is -2.44. The Morgan fingerprint density at radius 3 is 1.96 bits per heavy atom. The van der Waals surface area contributed by atoms with Crippen LogP contribution in [0.25, 0.3) is 0 Å². The molecule has 138 valence electrons. The number of anilines is 1. The third kappa shape index (κ3) is 4.44. The van der Waals surface area contributed by atoms with Crippen molar-refractivity contribution in [3.8, 4) is 0 Å². The SMILES string of the molecule is CC(=O)c1ccc(N2CCN(C3CCC(C(C)(C)C)CC3)CC2)cc1. The fraction of sp³-hybridized carbons (Fsp3) is 0.682. The first-order chi connectivity index (χ1) is 11.8. The minimum absolute atomic E-state index is 0.141. The maximum Gasteiger partial charge on any atom is 0.159 e. The zero-order chi connectivity index (χ0) is 18.0. The number of ketones is 1. The molecular weight excluding hydrogens is 308 g/mol. The maximum atomic E-state index is 11.4. The minimum atomic E-state index is 0.141. The van der Waals surface area contributed by atoms with Crippen LogP contribution in [0.3, 0.4) is 0 Å². The van der Waals surface area contributed by atoms with Crippen LogP contribution in [-0.4, -0.2) is 42.9 Å². The summed E-state index contributed by atoms with van der Waals surface area (Å²) in [4.78, 5) is 16.6. The summed E-state index contributed by atoms with van der Waals surface area (Å²) in [5.74, 6) is 1.03. The van der Waals surface area contributed by atoms with Gasteiger partial charge in [0, 0.05) is 43.5 Å². The number of carbonyl (C=O) groups is 1. The van der Waals surface area contributed by atoms with Gasteiger partial charge in [-0.15, -0.1) is 0 Å². The summed E-state index contributed by atoms with van der Waals surface area (Å²) in [5.41, 5.74) is 2.52. The molecule has 1 aliphatic carbocycles. The van der Waals surface area contributed by atoms with Gasteiger partial charge < -0.3 is 4.90 Å². The van der Waals surface area contributed by atoms with Gasteiger partial charge >= 0.3 is 0 Å². The van der Waals surface area contributed by atoms with Gasteiger partial charge in [-0.05, 0) is 68.2 Å². The lowest BCUT2D eigenvalue weighted by molar-refractivity contribution is 0.0917. The first-order valence-corrected chi connectivity index (χ1v) is 9.94. The van der Waals surface area contributed by atoms with Crippen LogP contribution in [0.1, 0.15) is 63.7 Å². The van der Waals surface area contributed by atoms with E-state index in [1.165, 1.54) is 44.5 Å². The molecule has 3 heteroatoms. The second kappa shape index (κ2) is 7.49. The predicted octanol–water partition coefficient (Wildman–Crippen LogP) is 4.62. The van der Waals surface area contributed by atoms with E-state index in [1.807, 2.05) is 12.1 Å². The van der Waals surface area contributed by atoms with Gasteiger partial charge in [0.15, 0.2) is 5.78 Å². The van der Waals surface area contributed by atoms with Crippen molar-refractivity contribution in [3.05, 3.63) is 29.8 Å². The monoisotopic (exact) mass is 342 g/mol. The molecule has 3 nitrogen and oxygen atoms in total. The third-order valence-corrected chi connectivity index (χ3v) is 6.39. The van der Waals surface area contributed by atoms with E-state index in [0.29, 0.717) is 5.41 Å².